The molecule has 0 bridgehead atoms. The molecule has 1 saturated heterocycles. The number of likely N-dealkylation sites (tertiary alicyclic amines) is 1. The van der Waals surface area contributed by atoms with Crippen LogP contribution in [0.25, 0.3) is 11.1 Å². The number of carboxylic acids is 1. The lowest BCUT2D eigenvalue weighted by Crippen LogP contribution is -2.51. The Balaban J connectivity index is 0.00000129. The van der Waals surface area contributed by atoms with E-state index in [9.17, 15) is 29.1 Å². The third kappa shape index (κ3) is 8.63. The van der Waals surface area contributed by atoms with Gasteiger partial charge >= 0.3 is 11.7 Å². The van der Waals surface area contributed by atoms with Crippen LogP contribution in [-0.4, -0.2) is 78.5 Å². The molecule has 1 atom stereocenters. The van der Waals surface area contributed by atoms with Crippen LogP contribution in [0.4, 0.5) is 10.5 Å². The fourth-order valence-electron chi connectivity index (χ4n) is 6.94. The Labute approximate surface area is 307 Å². The van der Waals surface area contributed by atoms with E-state index in [0.29, 0.717) is 49.2 Å². The topological polar surface area (TPSA) is 171 Å². The lowest BCUT2D eigenvalue weighted by Gasteiger charge is -2.38. The van der Waals surface area contributed by atoms with Gasteiger partial charge in [-0.1, -0.05) is 66.7 Å². The van der Waals surface area contributed by atoms with Crippen molar-refractivity contribution >= 4 is 29.4 Å². The van der Waals surface area contributed by atoms with Crippen LogP contribution < -0.4 is 16.6 Å². The van der Waals surface area contributed by atoms with E-state index in [1.54, 1.807) is 74.2 Å². The summed E-state index contributed by atoms with van der Waals surface area (Å²) < 4.78 is 2.33. The van der Waals surface area contributed by atoms with Crippen LogP contribution in [0.15, 0.2) is 88.6 Å². The average Bonchev–Trinajstić information content (AvgIpc) is 3.30. The Bertz CT molecular complexity index is 2110. The number of anilines is 1. The van der Waals surface area contributed by atoms with Crippen molar-refractivity contribution in [2.24, 2.45) is 0 Å². The van der Waals surface area contributed by atoms with E-state index in [4.69, 9.17) is 9.90 Å². The van der Waals surface area contributed by atoms with Crippen LogP contribution >= 0.6 is 0 Å². The lowest BCUT2D eigenvalue weighted by molar-refractivity contribution is -0.135. The maximum absolute atomic E-state index is 13.9. The zero-order valence-corrected chi connectivity index (χ0v) is 30.3. The van der Waals surface area contributed by atoms with Crippen LogP contribution in [0.1, 0.15) is 72.8 Å². The number of nitrogens with zero attached hydrogens (tertiary/aromatic N) is 4. The fourth-order valence-corrected chi connectivity index (χ4v) is 6.94. The van der Waals surface area contributed by atoms with Gasteiger partial charge in [-0.25, -0.2) is 9.59 Å². The first-order valence-electron chi connectivity index (χ1n) is 17.6. The number of aromatic nitrogens is 2. The summed E-state index contributed by atoms with van der Waals surface area (Å²) in [6.07, 6.45) is 1.84. The van der Waals surface area contributed by atoms with E-state index in [-0.39, 0.29) is 35.7 Å². The third-order valence-electron chi connectivity index (χ3n) is 9.58. The lowest BCUT2D eigenvalue weighted by atomic mass is 9.90. The largest absolute Gasteiger partial charge is 0.481 e. The summed E-state index contributed by atoms with van der Waals surface area (Å²) in [5.41, 5.74) is 2.27. The number of ketones is 1. The maximum Gasteiger partial charge on any atom is 0.331 e. The zero-order chi connectivity index (χ0) is 38.4. The van der Waals surface area contributed by atoms with E-state index < -0.39 is 35.1 Å². The van der Waals surface area contributed by atoms with Crippen LogP contribution in [0.2, 0.25) is 0 Å². The number of aryl methyl sites for hydroxylation is 1. The molecule has 0 saturated carbocycles. The van der Waals surface area contributed by atoms with Crippen LogP contribution in [-0.2, 0) is 22.6 Å². The molecule has 6 rings (SSSR count). The second-order valence-electron chi connectivity index (χ2n) is 13.6. The summed E-state index contributed by atoms with van der Waals surface area (Å²) in [6.45, 7) is 7.38. The molecule has 0 radical (unpaired) electrons. The number of benzene rings is 3. The molecule has 278 valence electrons. The summed E-state index contributed by atoms with van der Waals surface area (Å²) in [4.78, 5) is 80.5. The molecular formula is C40H45N5O8. The van der Waals surface area contributed by atoms with Gasteiger partial charge in [0.15, 0.2) is 5.78 Å². The molecule has 13 nitrogen and oxygen atoms in total. The summed E-state index contributed by atoms with van der Waals surface area (Å²) in [5, 5.41) is 21.4. The van der Waals surface area contributed by atoms with Crippen molar-refractivity contribution < 1.29 is 29.4 Å². The number of Topliss-reactive ketones (excluding diaryl/α,β-unsaturated/α-hetero) is 1. The van der Waals surface area contributed by atoms with Crippen LogP contribution in [0.3, 0.4) is 0 Å². The average molecular weight is 724 g/mol. The molecule has 3 N–H and O–H groups in total. The van der Waals surface area contributed by atoms with Gasteiger partial charge in [-0.3, -0.25) is 28.3 Å². The molecule has 1 fully saturated rings. The number of rotatable bonds is 8. The summed E-state index contributed by atoms with van der Waals surface area (Å²) >= 11 is 0. The number of hydrogen-bond donors (Lipinski definition) is 3. The van der Waals surface area contributed by atoms with Gasteiger partial charge in [0, 0.05) is 61.7 Å². The van der Waals surface area contributed by atoms with Gasteiger partial charge in [-0.2, -0.15) is 0 Å². The highest BCUT2D eigenvalue weighted by Gasteiger charge is 2.32. The predicted octanol–water partition coefficient (Wildman–Crippen LogP) is 4.65. The van der Waals surface area contributed by atoms with Crippen molar-refractivity contribution in [3.63, 3.8) is 0 Å². The Morgan fingerprint density at radius 3 is 2.19 bits per heavy atom. The normalized spacial score (nSPS) is 15.1. The van der Waals surface area contributed by atoms with Crippen molar-refractivity contribution in [1.29, 1.82) is 0 Å². The van der Waals surface area contributed by atoms with Gasteiger partial charge in [-0.15, -0.1) is 0 Å². The van der Waals surface area contributed by atoms with Crippen molar-refractivity contribution in [2.75, 3.05) is 25.0 Å². The Morgan fingerprint density at radius 1 is 0.887 bits per heavy atom. The molecule has 53 heavy (non-hydrogen) atoms. The third-order valence-corrected chi connectivity index (χ3v) is 9.58. The standard InChI is InChI=1S/C38H41N5O6.C2H4O2/c1-24(2)43-36(47)30(33-25(3)10-9-14-29(33)35(46)34(45)27-12-5-4-6-13-27)22-41(38(43)49)23-32(44)40-19-17-28(18-20-40)42-21-16-26-11-7-8-15-31(26)39-37(42)48;1-2(3)4/h4-15,22,24,28,34,45H,16-21,23H2,1-3H3,(H,39,48);1H3,(H,3,4). The molecular weight excluding hydrogens is 678 g/mol. The number of piperidine rings is 1. The maximum atomic E-state index is 13.9. The second kappa shape index (κ2) is 16.7. The van der Waals surface area contributed by atoms with Crippen molar-refractivity contribution in [1.82, 2.24) is 18.9 Å². The number of aliphatic hydroxyl groups is 1. The van der Waals surface area contributed by atoms with E-state index in [2.05, 4.69) is 5.32 Å². The molecule has 3 amide bonds. The molecule has 2 aliphatic heterocycles. The van der Waals surface area contributed by atoms with Gasteiger partial charge < -0.3 is 25.3 Å². The van der Waals surface area contributed by atoms with E-state index in [0.717, 1.165) is 29.2 Å². The molecule has 0 spiro atoms. The Morgan fingerprint density at radius 2 is 1.53 bits per heavy atom. The highest BCUT2D eigenvalue weighted by molar-refractivity contribution is 6.05. The fraction of sp³-hybridized carbons (Fsp3) is 0.350. The SMILES string of the molecule is CC(=O)O.Cc1cccc(C(=O)C(O)c2ccccc2)c1-c1cn(CC(=O)N2CCC(N3CCc4ccccc4NC3=O)CC2)c(=O)n(C(C)C)c1=O. The smallest absolute Gasteiger partial charge is 0.331 e. The highest BCUT2D eigenvalue weighted by Crippen LogP contribution is 2.30. The van der Waals surface area contributed by atoms with Gasteiger partial charge in [0.05, 0.1) is 5.56 Å². The molecule has 4 aromatic rings. The molecule has 1 aromatic heterocycles. The minimum atomic E-state index is -1.46. The first-order valence-corrected chi connectivity index (χ1v) is 17.6. The van der Waals surface area contributed by atoms with Crippen LogP contribution in [0.5, 0.6) is 0 Å². The zero-order valence-electron chi connectivity index (χ0n) is 30.3. The molecule has 2 aliphatic rings. The van der Waals surface area contributed by atoms with Crippen molar-refractivity contribution in [2.45, 2.75) is 71.7 Å². The van der Waals surface area contributed by atoms with E-state index in [1.807, 2.05) is 29.2 Å². The number of carbonyl (C=O) groups is 4. The number of carbonyl (C=O) groups excluding carboxylic acids is 3. The predicted molar refractivity (Wildman–Crippen MR) is 200 cm³/mol. The Hall–Kier alpha value is -5.82. The molecule has 13 heteroatoms. The monoisotopic (exact) mass is 723 g/mol. The number of fused-ring (bicyclic) bond motifs is 1. The number of urea groups is 1. The molecule has 0 aliphatic carbocycles. The van der Waals surface area contributed by atoms with E-state index in [1.165, 1.54) is 10.8 Å². The minimum absolute atomic E-state index is 0.0289. The number of aliphatic carboxylic acids is 1. The summed E-state index contributed by atoms with van der Waals surface area (Å²) in [5.74, 6) is -1.70. The van der Waals surface area contributed by atoms with Crippen molar-refractivity contribution in [3.8, 4) is 11.1 Å². The number of hydrogen-bond acceptors (Lipinski definition) is 7. The number of aliphatic hydroxyl groups excluding tert-OH is 1. The Kier molecular flexibility index (Phi) is 12.1. The molecule has 1 unspecified atom stereocenters. The first-order chi connectivity index (χ1) is 25.3. The molecule has 3 heterocycles. The number of para-hydroxylation sites is 1. The van der Waals surface area contributed by atoms with E-state index >= 15 is 0 Å². The van der Waals surface area contributed by atoms with Gasteiger partial charge in [-0.05, 0) is 62.8 Å². The van der Waals surface area contributed by atoms with Gasteiger partial charge in [0.25, 0.3) is 11.5 Å². The minimum Gasteiger partial charge on any atom is -0.481 e. The quantitative estimate of drug-likeness (QED) is 0.221. The van der Waals surface area contributed by atoms with Gasteiger partial charge in [0.1, 0.15) is 12.6 Å². The highest BCUT2D eigenvalue weighted by atomic mass is 16.4. The van der Waals surface area contributed by atoms with Gasteiger partial charge in [0.2, 0.25) is 5.91 Å². The number of carboxylic acid groups (broad SMARTS) is 1. The summed E-state index contributed by atoms with van der Waals surface area (Å²) in [6, 6.07) is 20.6. The number of nitrogens with one attached hydrogen (secondary N) is 1. The number of amides is 3. The summed E-state index contributed by atoms with van der Waals surface area (Å²) in [7, 11) is 0. The second-order valence-corrected chi connectivity index (χ2v) is 13.6. The molecule has 3 aromatic carbocycles. The first kappa shape index (κ1) is 38.4. The van der Waals surface area contributed by atoms with Crippen molar-refractivity contribution in [3.05, 3.63) is 122 Å². The van der Waals surface area contributed by atoms with Crippen LogP contribution in [0, 0.1) is 6.92 Å².